The van der Waals surface area contributed by atoms with Crippen molar-refractivity contribution in [3.63, 3.8) is 0 Å². The molecule has 0 bridgehead atoms. The molecule has 110 valence electrons. The molecule has 2 aromatic carbocycles. The van der Waals surface area contributed by atoms with Crippen LogP contribution in [-0.4, -0.2) is 19.6 Å². The summed E-state index contributed by atoms with van der Waals surface area (Å²) in [5.41, 5.74) is 1.85. The zero-order valence-electron chi connectivity index (χ0n) is 11.9. The summed E-state index contributed by atoms with van der Waals surface area (Å²) in [7, 11) is 1.58. The van der Waals surface area contributed by atoms with Gasteiger partial charge in [-0.25, -0.2) is 0 Å². The number of hydrogen-bond acceptors (Lipinski definition) is 3. The van der Waals surface area contributed by atoms with Crippen molar-refractivity contribution in [2.45, 2.75) is 6.92 Å². The van der Waals surface area contributed by atoms with E-state index in [-0.39, 0.29) is 12.5 Å². The lowest BCUT2D eigenvalue weighted by atomic mass is 10.2. The molecule has 0 saturated carbocycles. The van der Waals surface area contributed by atoms with Gasteiger partial charge in [-0.3, -0.25) is 4.79 Å². The first-order valence-electron chi connectivity index (χ1n) is 6.42. The number of para-hydroxylation sites is 1. The lowest BCUT2D eigenvalue weighted by Gasteiger charge is -2.12. The van der Waals surface area contributed by atoms with Crippen LogP contribution in [0.4, 0.5) is 5.69 Å². The molecule has 0 aliphatic rings. The molecular formula is C16H16INO3. The molecule has 2 rings (SSSR count). The fourth-order valence-electron chi connectivity index (χ4n) is 1.79. The monoisotopic (exact) mass is 397 g/mol. The summed E-state index contributed by atoms with van der Waals surface area (Å²) in [6.45, 7) is 1.90. The first kappa shape index (κ1) is 15.6. The molecule has 2 aromatic rings. The third-order valence-corrected chi connectivity index (χ3v) is 3.77. The average molecular weight is 397 g/mol. The summed E-state index contributed by atoms with van der Waals surface area (Å²) in [4.78, 5) is 11.9. The van der Waals surface area contributed by atoms with E-state index in [4.69, 9.17) is 9.47 Å². The second-order valence-corrected chi connectivity index (χ2v) is 5.63. The van der Waals surface area contributed by atoms with Crippen molar-refractivity contribution >= 4 is 34.2 Å². The predicted octanol–water partition coefficient (Wildman–Crippen LogP) is 3.63. The SMILES string of the molecule is COc1cc(C)ccc1OCC(=O)Nc1ccccc1I. The third-order valence-electron chi connectivity index (χ3n) is 2.83. The number of nitrogens with one attached hydrogen (secondary N) is 1. The maximum absolute atomic E-state index is 11.9. The van der Waals surface area contributed by atoms with Gasteiger partial charge >= 0.3 is 0 Å². The Morgan fingerprint density at radius 2 is 1.95 bits per heavy atom. The highest BCUT2D eigenvalue weighted by atomic mass is 127. The summed E-state index contributed by atoms with van der Waals surface area (Å²) in [6.07, 6.45) is 0. The normalized spacial score (nSPS) is 10.0. The van der Waals surface area contributed by atoms with Gasteiger partial charge < -0.3 is 14.8 Å². The largest absolute Gasteiger partial charge is 0.493 e. The quantitative estimate of drug-likeness (QED) is 0.785. The summed E-state index contributed by atoms with van der Waals surface area (Å²) in [5, 5.41) is 2.82. The number of carbonyl (C=O) groups excluding carboxylic acids is 1. The highest BCUT2D eigenvalue weighted by Gasteiger charge is 2.09. The van der Waals surface area contributed by atoms with E-state index in [1.165, 1.54) is 0 Å². The zero-order valence-corrected chi connectivity index (χ0v) is 14.0. The van der Waals surface area contributed by atoms with Crippen molar-refractivity contribution in [3.05, 3.63) is 51.6 Å². The van der Waals surface area contributed by atoms with Crippen LogP contribution in [0.2, 0.25) is 0 Å². The van der Waals surface area contributed by atoms with E-state index >= 15 is 0 Å². The standard InChI is InChI=1S/C16H16INO3/c1-11-7-8-14(15(9-11)20-2)21-10-16(19)18-13-6-4-3-5-12(13)17/h3-9H,10H2,1-2H3,(H,18,19). The van der Waals surface area contributed by atoms with Crippen LogP contribution in [0.5, 0.6) is 11.5 Å². The van der Waals surface area contributed by atoms with Crippen LogP contribution in [0, 0.1) is 10.5 Å². The topological polar surface area (TPSA) is 47.6 Å². The van der Waals surface area contributed by atoms with E-state index in [2.05, 4.69) is 27.9 Å². The van der Waals surface area contributed by atoms with Crippen molar-refractivity contribution in [1.82, 2.24) is 0 Å². The summed E-state index contributed by atoms with van der Waals surface area (Å²) < 4.78 is 11.7. The molecular weight excluding hydrogens is 381 g/mol. The summed E-state index contributed by atoms with van der Waals surface area (Å²) in [5.74, 6) is 0.972. The Morgan fingerprint density at radius 3 is 2.67 bits per heavy atom. The summed E-state index contributed by atoms with van der Waals surface area (Å²) >= 11 is 2.17. The molecule has 0 saturated heterocycles. The minimum Gasteiger partial charge on any atom is -0.493 e. The molecule has 1 N–H and O–H groups in total. The molecule has 0 spiro atoms. The van der Waals surface area contributed by atoms with E-state index in [1.54, 1.807) is 13.2 Å². The van der Waals surface area contributed by atoms with Crippen LogP contribution in [0.15, 0.2) is 42.5 Å². The Kier molecular flexibility index (Phi) is 5.44. The Morgan fingerprint density at radius 1 is 1.19 bits per heavy atom. The Balaban J connectivity index is 1.97. The van der Waals surface area contributed by atoms with Gasteiger partial charge in [0, 0.05) is 3.57 Å². The number of rotatable bonds is 5. The number of ether oxygens (including phenoxy) is 2. The molecule has 21 heavy (non-hydrogen) atoms. The lowest BCUT2D eigenvalue weighted by Crippen LogP contribution is -2.20. The second kappa shape index (κ2) is 7.31. The minimum atomic E-state index is -0.207. The number of benzene rings is 2. The van der Waals surface area contributed by atoms with Crippen LogP contribution in [-0.2, 0) is 4.79 Å². The van der Waals surface area contributed by atoms with Crippen LogP contribution in [0.25, 0.3) is 0 Å². The van der Waals surface area contributed by atoms with E-state index in [1.807, 2.05) is 43.3 Å². The van der Waals surface area contributed by atoms with Crippen molar-refractivity contribution in [2.75, 3.05) is 19.0 Å². The Labute approximate surface area is 137 Å². The van der Waals surface area contributed by atoms with Gasteiger partial charge in [-0.15, -0.1) is 0 Å². The van der Waals surface area contributed by atoms with Crippen LogP contribution < -0.4 is 14.8 Å². The van der Waals surface area contributed by atoms with Gasteiger partial charge in [0.2, 0.25) is 0 Å². The first-order chi connectivity index (χ1) is 10.1. The van der Waals surface area contributed by atoms with E-state index in [0.717, 1.165) is 14.8 Å². The molecule has 1 amide bonds. The van der Waals surface area contributed by atoms with Crippen molar-refractivity contribution in [3.8, 4) is 11.5 Å². The van der Waals surface area contributed by atoms with Gasteiger partial charge in [-0.2, -0.15) is 0 Å². The van der Waals surface area contributed by atoms with E-state index in [0.29, 0.717) is 11.5 Å². The second-order valence-electron chi connectivity index (χ2n) is 4.47. The number of amides is 1. The highest BCUT2D eigenvalue weighted by Crippen LogP contribution is 2.27. The number of carbonyl (C=O) groups is 1. The van der Waals surface area contributed by atoms with Crippen LogP contribution in [0.3, 0.4) is 0 Å². The zero-order chi connectivity index (χ0) is 15.2. The van der Waals surface area contributed by atoms with Gasteiger partial charge in [0.25, 0.3) is 5.91 Å². The molecule has 0 unspecified atom stereocenters. The highest BCUT2D eigenvalue weighted by molar-refractivity contribution is 14.1. The fourth-order valence-corrected chi connectivity index (χ4v) is 2.31. The number of aryl methyl sites for hydroxylation is 1. The minimum absolute atomic E-state index is 0.0651. The number of halogens is 1. The lowest BCUT2D eigenvalue weighted by molar-refractivity contribution is -0.118. The van der Waals surface area contributed by atoms with E-state index in [9.17, 15) is 4.79 Å². The van der Waals surface area contributed by atoms with Gasteiger partial charge in [0.1, 0.15) is 0 Å². The maximum Gasteiger partial charge on any atom is 0.262 e. The number of hydrogen-bond donors (Lipinski definition) is 1. The smallest absolute Gasteiger partial charge is 0.262 e. The molecule has 0 aliphatic carbocycles. The fraction of sp³-hybridized carbons (Fsp3) is 0.188. The average Bonchev–Trinajstić information content (AvgIpc) is 2.48. The molecule has 4 nitrogen and oxygen atoms in total. The van der Waals surface area contributed by atoms with Gasteiger partial charge in [0.15, 0.2) is 18.1 Å². The van der Waals surface area contributed by atoms with Crippen LogP contribution in [0.1, 0.15) is 5.56 Å². The summed E-state index contributed by atoms with van der Waals surface area (Å²) in [6, 6.07) is 13.2. The Hall–Kier alpha value is -1.76. The maximum atomic E-state index is 11.9. The number of anilines is 1. The number of methoxy groups -OCH3 is 1. The molecule has 0 radical (unpaired) electrons. The van der Waals surface area contributed by atoms with Crippen LogP contribution >= 0.6 is 22.6 Å². The first-order valence-corrected chi connectivity index (χ1v) is 7.50. The predicted molar refractivity (Wildman–Crippen MR) is 91.0 cm³/mol. The van der Waals surface area contributed by atoms with Gasteiger partial charge in [0.05, 0.1) is 12.8 Å². The molecule has 5 heteroatoms. The van der Waals surface area contributed by atoms with Gasteiger partial charge in [-0.05, 0) is 59.3 Å². The Bertz CT molecular complexity index is 643. The van der Waals surface area contributed by atoms with Crippen molar-refractivity contribution < 1.29 is 14.3 Å². The molecule has 0 aliphatic heterocycles. The van der Waals surface area contributed by atoms with Crippen molar-refractivity contribution in [2.24, 2.45) is 0 Å². The van der Waals surface area contributed by atoms with Crippen molar-refractivity contribution in [1.29, 1.82) is 0 Å². The molecule has 0 fully saturated rings. The molecule has 0 aromatic heterocycles. The van der Waals surface area contributed by atoms with E-state index < -0.39 is 0 Å². The third kappa shape index (κ3) is 4.35. The molecule has 0 heterocycles. The van der Waals surface area contributed by atoms with Gasteiger partial charge in [-0.1, -0.05) is 18.2 Å². The molecule has 0 atom stereocenters.